The molecule has 9 nitrogen and oxygen atoms in total. The summed E-state index contributed by atoms with van der Waals surface area (Å²) in [4.78, 5) is 31.7. The van der Waals surface area contributed by atoms with Crippen LogP contribution in [0.15, 0.2) is 48.7 Å². The number of carbonyl (C=O) groups excluding carboxylic acids is 2. The standard InChI is InChI=1S/C25H25Cl2FN6O3/c1-14(30)34(2)17-11-19(28)23(21(12-17)37-9-3-8-29)25(36)32-20-6-4-15(26)10-18(20)24(35)33-22-7-5-16(27)13-31-22/h4-7,10-13,30H,3,8-9,29H2,1-2H3,(H,32,36)(H,31,33,35). The zero-order chi connectivity index (χ0) is 27.1. The molecule has 1 heterocycles. The number of pyridine rings is 1. The molecule has 0 spiro atoms. The highest BCUT2D eigenvalue weighted by molar-refractivity contribution is 6.31. The van der Waals surface area contributed by atoms with Crippen molar-refractivity contribution < 1.29 is 18.7 Å². The number of carbonyl (C=O) groups is 2. The third-order valence-electron chi connectivity index (χ3n) is 5.21. The number of nitrogens with two attached hydrogens (primary N) is 1. The second kappa shape index (κ2) is 12.5. The summed E-state index contributed by atoms with van der Waals surface area (Å²) in [6.07, 6.45) is 1.85. The minimum atomic E-state index is -0.865. The molecule has 0 aliphatic rings. The topological polar surface area (TPSA) is 133 Å². The van der Waals surface area contributed by atoms with Crippen molar-refractivity contribution in [2.75, 3.05) is 35.7 Å². The molecule has 0 unspecified atom stereocenters. The van der Waals surface area contributed by atoms with Crippen LogP contribution in [-0.2, 0) is 0 Å². The number of hydrogen-bond acceptors (Lipinski definition) is 6. The fourth-order valence-electron chi connectivity index (χ4n) is 3.19. The molecule has 0 fully saturated rings. The first-order chi connectivity index (χ1) is 17.6. The van der Waals surface area contributed by atoms with Crippen molar-refractivity contribution in [2.45, 2.75) is 13.3 Å². The molecule has 0 saturated heterocycles. The summed E-state index contributed by atoms with van der Waals surface area (Å²) < 4.78 is 20.9. The Hall–Kier alpha value is -3.73. The predicted octanol–water partition coefficient (Wildman–Crippen LogP) is 5.19. The molecule has 37 heavy (non-hydrogen) atoms. The molecule has 0 aliphatic carbocycles. The molecule has 2 aromatic carbocycles. The van der Waals surface area contributed by atoms with E-state index < -0.39 is 17.6 Å². The van der Waals surface area contributed by atoms with Crippen LogP contribution in [0.25, 0.3) is 0 Å². The van der Waals surface area contributed by atoms with Gasteiger partial charge in [0.1, 0.15) is 22.9 Å². The van der Waals surface area contributed by atoms with Crippen molar-refractivity contribution in [3.63, 3.8) is 0 Å². The summed E-state index contributed by atoms with van der Waals surface area (Å²) in [5.74, 6) is -1.95. The van der Waals surface area contributed by atoms with Crippen molar-refractivity contribution >= 4 is 58.0 Å². The molecule has 0 radical (unpaired) electrons. The maximum absolute atomic E-state index is 15.3. The van der Waals surface area contributed by atoms with E-state index in [1.807, 2.05) is 0 Å². The van der Waals surface area contributed by atoms with E-state index in [0.717, 1.165) is 6.07 Å². The Balaban J connectivity index is 1.94. The Bertz CT molecular complexity index is 1320. The molecule has 0 bridgehead atoms. The lowest BCUT2D eigenvalue weighted by Crippen LogP contribution is -2.24. The molecule has 12 heteroatoms. The van der Waals surface area contributed by atoms with Gasteiger partial charge in [0, 0.05) is 30.0 Å². The maximum atomic E-state index is 15.3. The minimum Gasteiger partial charge on any atom is -0.493 e. The third-order valence-corrected chi connectivity index (χ3v) is 5.66. The fraction of sp³-hybridized carbons (Fsp3) is 0.200. The lowest BCUT2D eigenvalue weighted by atomic mass is 10.1. The van der Waals surface area contributed by atoms with E-state index in [-0.39, 0.29) is 45.8 Å². The van der Waals surface area contributed by atoms with Gasteiger partial charge in [0.15, 0.2) is 0 Å². The van der Waals surface area contributed by atoms with Gasteiger partial charge in [0.25, 0.3) is 11.8 Å². The molecule has 0 aliphatic heterocycles. The summed E-state index contributed by atoms with van der Waals surface area (Å²) in [6, 6.07) is 9.94. The number of nitrogens with one attached hydrogen (secondary N) is 3. The highest BCUT2D eigenvalue weighted by atomic mass is 35.5. The summed E-state index contributed by atoms with van der Waals surface area (Å²) in [7, 11) is 1.59. The quantitative estimate of drug-likeness (QED) is 0.166. The Labute approximate surface area is 223 Å². The van der Waals surface area contributed by atoms with Crippen LogP contribution < -0.4 is 26.0 Å². The van der Waals surface area contributed by atoms with Gasteiger partial charge in [0.2, 0.25) is 0 Å². The van der Waals surface area contributed by atoms with Gasteiger partial charge in [0.05, 0.1) is 28.7 Å². The predicted molar refractivity (Wildman–Crippen MR) is 144 cm³/mol. The number of halogens is 3. The number of amidine groups is 1. The number of ether oxygens (including phenoxy) is 1. The Morgan fingerprint density at radius 3 is 2.49 bits per heavy atom. The first-order valence-electron chi connectivity index (χ1n) is 11.1. The molecule has 0 atom stereocenters. The van der Waals surface area contributed by atoms with Crippen molar-refractivity contribution in [2.24, 2.45) is 5.73 Å². The average molecular weight is 547 g/mol. The molecule has 5 N–H and O–H groups in total. The van der Waals surface area contributed by atoms with Crippen molar-refractivity contribution in [1.82, 2.24) is 4.98 Å². The second-order valence-electron chi connectivity index (χ2n) is 7.90. The number of rotatable bonds is 9. The Kier molecular flexibility index (Phi) is 9.40. The second-order valence-corrected chi connectivity index (χ2v) is 8.77. The van der Waals surface area contributed by atoms with Crippen LogP contribution in [0, 0.1) is 11.2 Å². The monoisotopic (exact) mass is 546 g/mol. The van der Waals surface area contributed by atoms with Crippen molar-refractivity contribution in [3.05, 3.63) is 75.7 Å². The average Bonchev–Trinajstić information content (AvgIpc) is 2.85. The van der Waals surface area contributed by atoms with Crippen LogP contribution in [0.4, 0.5) is 21.6 Å². The van der Waals surface area contributed by atoms with Gasteiger partial charge in [-0.3, -0.25) is 15.0 Å². The van der Waals surface area contributed by atoms with E-state index in [9.17, 15) is 9.59 Å². The smallest absolute Gasteiger partial charge is 0.262 e. The molecule has 194 valence electrons. The number of anilines is 3. The molecule has 3 aromatic rings. The molecule has 0 saturated carbocycles. The zero-order valence-electron chi connectivity index (χ0n) is 20.1. The Morgan fingerprint density at radius 2 is 1.84 bits per heavy atom. The van der Waals surface area contributed by atoms with Gasteiger partial charge in [-0.05, 0) is 56.3 Å². The maximum Gasteiger partial charge on any atom is 0.262 e. The van der Waals surface area contributed by atoms with Crippen molar-refractivity contribution in [3.8, 4) is 5.75 Å². The van der Waals surface area contributed by atoms with Gasteiger partial charge >= 0.3 is 0 Å². The van der Waals surface area contributed by atoms with E-state index in [1.54, 1.807) is 20.0 Å². The first kappa shape index (κ1) is 27.9. The first-order valence-corrected chi connectivity index (χ1v) is 11.9. The number of amides is 2. The van der Waals surface area contributed by atoms with Crippen LogP contribution in [0.1, 0.15) is 34.1 Å². The summed E-state index contributed by atoms with van der Waals surface area (Å²) >= 11 is 11.9. The number of aromatic nitrogens is 1. The molecular weight excluding hydrogens is 522 g/mol. The molecule has 3 rings (SSSR count). The lowest BCUT2D eigenvalue weighted by molar-refractivity contribution is 0.101. The summed E-state index contributed by atoms with van der Waals surface area (Å²) in [6.45, 7) is 2.03. The van der Waals surface area contributed by atoms with Crippen LogP contribution in [0.5, 0.6) is 5.75 Å². The minimum absolute atomic E-state index is 0.0272. The van der Waals surface area contributed by atoms with Crippen LogP contribution in [0.2, 0.25) is 10.0 Å². The molecular formula is C25H25Cl2FN6O3. The van der Waals surface area contributed by atoms with Gasteiger partial charge in [-0.25, -0.2) is 9.37 Å². The number of benzene rings is 2. The van der Waals surface area contributed by atoms with Gasteiger partial charge in [-0.1, -0.05) is 23.2 Å². The van der Waals surface area contributed by atoms with Crippen molar-refractivity contribution in [1.29, 1.82) is 5.41 Å². The molecule has 2 amide bonds. The third kappa shape index (κ3) is 7.16. The normalized spacial score (nSPS) is 10.5. The van der Waals surface area contributed by atoms with E-state index >= 15 is 4.39 Å². The molecule has 1 aromatic heterocycles. The van der Waals surface area contributed by atoms with Crippen LogP contribution in [-0.4, -0.2) is 42.8 Å². The van der Waals surface area contributed by atoms with E-state index in [1.165, 1.54) is 41.4 Å². The van der Waals surface area contributed by atoms with Gasteiger partial charge < -0.3 is 26.0 Å². The summed E-state index contributed by atoms with van der Waals surface area (Å²) in [5, 5.41) is 13.6. The van der Waals surface area contributed by atoms with Crippen LogP contribution in [0.3, 0.4) is 0 Å². The van der Waals surface area contributed by atoms with E-state index in [0.29, 0.717) is 23.7 Å². The van der Waals surface area contributed by atoms with Gasteiger partial charge in [-0.15, -0.1) is 0 Å². The lowest BCUT2D eigenvalue weighted by Gasteiger charge is -2.21. The number of hydrogen-bond donors (Lipinski definition) is 4. The highest BCUT2D eigenvalue weighted by Crippen LogP contribution is 2.31. The highest BCUT2D eigenvalue weighted by Gasteiger charge is 2.23. The van der Waals surface area contributed by atoms with E-state index in [4.69, 9.17) is 39.1 Å². The van der Waals surface area contributed by atoms with E-state index in [2.05, 4.69) is 15.6 Å². The fourth-order valence-corrected chi connectivity index (χ4v) is 3.47. The van der Waals surface area contributed by atoms with Gasteiger partial charge in [-0.2, -0.15) is 0 Å². The SMILES string of the molecule is CC(=N)N(C)c1cc(F)c(C(=O)Nc2ccc(Cl)cc2C(=O)Nc2ccc(Cl)cn2)c(OCCCN)c1. The zero-order valence-corrected chi connectivity index (χ0v) is 21.6. The summed E-state index contributed by atoms with van der Waals surface area (Å²) in [5.41, 5.74) is 5.61. The Morgan fingerprint density at radius 1 is 1.11 bits per heavy atom. The largest absolute Gasteiger partial charge is 0.493 e. The van der Waals surface area contributed by atoms with Crippen LogP contribution >= 0.6 is 23.2 Å². The number of nitrogens with zero attached hydrogens (tertiary/aromatic N) is 2.